The fourth-order valence-electron chi connectivity index (χ4n) is 9.58. The lowest BCUT2D eigenvalue weighted by Crippen LogP contribution is -2.65. The van der Waals surface area contributed by atoms with Crippen molar-refractivity contribution in [2.75, 3.05) is 20.3 Å². The first-order valence-electron chi connectivity index (χ1n) is 28.0. The second kappa shape index (κ2) is 30.6. The van der Waals surface area contributed by atoms with E-state index < -0.39 is 85.8 Å². The van der Waals surface area contributed by atoms with E-state index in [2.05, 4.69) is 5.16 Å². The Labute approximate surface area is 497 Å². The summed E-state index contributed by atoms with van der Waals surface area (Å²) in [6.07, 6.45) is -12.6. The largest absolute Gasteiger partial charge is 0.497 e. The van der Waals surface area contributed by atoms with Crippen LogP contribution in [0.25, 0.3) is 0 Å². The molecule has 10 rings (SSSR count). The maximum atomic E-state index is 14.6. The van der Waals surface area contributed by atoms with Crippen molar-refractivity contribution in [3.8, 4) is 5.75 Å². The normalized spacial score (nSPS) is 21.4. The minimum atomic E-state index is -1.83. The van der Waals surface area contributed by atoms with Crippen LogP contribution < -0.4 is 4.74 Å². The zero-order valence-corrected chi connectivity index (χ0v) is 46.9. The monoisotopic (exact) mass is 1160 g/mol. The van der Waals surface area contributed by atoms with E-state index in [-0.39, 0.29) is 61.0 Å². The highest BCUT2D eigenvalue weighted by Crippen LogP contribution is 2.36. The molecule has 8 aromatic rings. The van der Waals surface area contributed by atoms with Crippen LogP contribution in [0.5, 0.6) is 5.75 Å². The fourth-order valence-corrected chi connectivity index (χ4v) is 9.58. The van der Waals surface area contributed by atoms with Crippen molar-refractivity contribution < 1.29 is 76.1 Å². The Kier molecular flexibility index (Phi) is 21.3. The molecule has 2 aliphatic heterocycles. The van der Waals surface area contributed by atoms with Crippen LogP contribution in [0.2, 0.25) is 0 Å². The van der Waals surface area contributed by atoms with E-state index >= 15 is 0 Å². The molecular formula is C69H63NO16. The molecule has 2 fully saturated rings. The number of methoxy groups -OCH3 is 1. The topological polar surface area (TPSA) is 191 Å². The molecule has 0 spiro atoms. The van der Waals surface area contributed by atoms with Crippen LogP contribution in [0.4, 0.5) is 0 Å². The summed E-state index contributed by atoms with van der Waals surface area (Å²) in [5.41, 5.74) is 3.44. The van der Waals surface area contributed by atoms with Crippen LogP contribution in [-0.2, 0) is 78.6 Å². The lowest BCUT2D eigenvalue weighted by molar-refractivity contribution is -0.345. The first kappa shape index (κ1) is 60.0. The molecule has 0 bridgehead atoms. The van der Waals surface area contributed by atoms with Crippen molar-refractivity contribution in [2.45, 2.75) is 81.7 Å². The number of carbonyl (C=O) groups excluding carboxylic acids is 4. The Morgan fingerprint density at radius 1 is 0.407 bits per heavy atom. The Bertz CT molecular complexity index is 3420. The van der Waals surface area contributed by atoms with Gasteiger partial charge < -0.3 is 56.9 Å². The van der Waals surface area contributed by atoms with Gasteiger partial charge in [0.2, 0.25) is 6.29 Å². The van der Waals surface area contributed by atoms with Crippen LogP contribution >= 0.6 is 0 Å². The maximum absolute atomic E-state index is 14.6. The summed E-state index contributed by atoms with van der Waals surface area (Å²) in [6.45, 7) is -0.468. The van der Waals surface area contributed by atoms with Gasteiger partial charge in [0, 0.05) is 0 Å². The lowest BCUT2D eigenvalue weighted by Gasteiger charge is -2.48. The smallest absolute Gasteiger partial charge is 0.365 e. The number of oxime groups is 1. The summed E-state index contributed by atoms with van der Waals surface area (Å²) in [5.74, 6) is -2.77. The molecule has 8 aromatic carbocycles. The first-order valence-corrected chi connectivity index (χ1v) is 28.0. The van der Waals surface area contributed by atoms with Crippen molar-refractivity contribution in [3.05, 3.63) is 281 Å². The summed E-state index contributed by atoms with van der Waals surface area (Å²) in [4.78, 5) is 62.7. The first-order chi connectivity index (χ1) is 42.3. The van der Waals surface area contributed by atoms with Crippen molar-refractivity contribution in [1.29, 1.82) is 0 Å². The molecule has 0 saturated carbocycles. The number of ether oxygens (including phenoxy) is 11. The van der Waals surface area contributed by atoms with Gasteiger partial charge in [-0.15, -0.1) is 0 Å². The number of hydrogen-bond acceptors (Lipinski definition) is 17. The van der Waals surface area contributed by atoms with Gasteiger partial charge in [-0.1, -0.05) is 181 Å². The summed E-state index contributed by atoms with van der Waals surface area (Å²) < 4.78 is 72.6. The van der Waals surface area contributed by atoms with E-state index in [9.17, 15) is 19.2 Å². The molecule has 0 unspecified atom stereocenters. The molecule has 440 valence electrons. The van der Waals surface area contributed by atoms with E-state index in [1.54, 1.807) is 92.0 Å². The molecule has 0 aliphatic carbocycles. The van der Waals surface area contributed by atoms with E-state index in [0.717, 1.165) is 22.3 Å². The van der Waals surface area contributed by atoms with Crippen molar-refractivity contribution in [2.24, 2.45) is 5.16 Å². The van der Waals surface area contributed by atoms with Crippen LogP contribution in [0.3, 0.4) is 0 Å². The second-order valence-corrected chi connectivity index (χ2v) is 20.0. The summed E-state index contributed by atoms with van der Waals surface area (Å²) in [7, 11) is 1.59. The number of carbonyl (C=O) groups is 4. The Morgan fingerprint density at radius 2 is 0.837 bits per heavy atom. The van der Waals surface area contributed by atoms with Crippen LogP contribution in [-0.4, -0.2) is 105 Å². The standard InChI is InChI=1S/C69H63NO16/c1-75-55-39-37-50(38-40-55)44-80-69-63(78-43-49-27-13-4-14-28-49)62(77-42-48-25-11-3-12-26-48)60(56(82-69)45-76-41-47-23-9-2-10-24-47)85-68-58(70-86-67(74)54-35-21-8-22-36-54)61(84-66(73)53-33-19-7-20-34-53)59(83-65(72)52-31-17-6-18-32-52)57(81-68)46-79-64(71)51-29-15-5-16-30-51/h2-40,56-57,59-63,68-69H,41-46H2,1H3/t56-,57-,59-,60-,61-,62+,63-,68+,69-/m1/s1. The van der Waals surface area contributed by atoms with E-state index in [1.165, 1.54) is 36.4 Å². The molecule has 0 aromatic heterocycles. The predicted octanol–water partition coefficient (Wildman–Crippen LogP) is 11.0. The van der Waals surface area contributed by atoms with Gasteiger partial charge >= 0.3 is 23.9 Å². The molecule has 0 radical (unpaired) electrons. The summed E-state index contributed by atoms with van der Waals surface area (Å²) in [5, 5.41) is 4.44. The Balaban J connectivity index is 1.11. The highest BCUT2D eigenvalue weighted by molar-refractivity contribution is 5.99. The molecular weight excluding hydrogens is 1100 g/mol. The highest BCUT2D eigenvalue weighted by Gasteiger charge is 2.55. The summed E-state index contributed by atoms with van der Waals surface area (Å²) in [6, 6.07) is 68.5. The maximum Gasteiger partial charge on any atom is 0.365 e. The average molecular weight is 1160 g/mol. The highest BCUT2D eigenvalue weighted by atomic mass is 16.8. The van der Waals surface area contributed by atoms with Gasteiger partial charge in [0.15, 0.2) is 24.2 Å². The second-order valence-electron chi connectivity index (χ2n) is 20.0. The number of nitrogens with zero attached hydrogens (tertiary/aromatic N) is 1. The number of hydrogen-bond donors (Lipinski definition) is 0. The SMILES string of the molecule is COc1ccc(CO[C@@H]2O[C@H](COCc3ccccc3)[C@@H](O[C@@H]3O[C@H](COC(=O)c4ccccc4)[C@@H](OC(=O)c4ccccc4)[C@H](OC(=O)c4ccccc4)C3=NOC(=O)c3ccccc3)[C@H](OCc3ccccc3)[C@H]2OCc2ccccc2)cc1. The molecule has 0 N–H and O–H groups in total. The molecule has 86 heavy (non-hydrogen) atoms. The van der Waals surface area contributed by atoms with Gasteiger partial charge in [-0.25, -0.2) is 19.2 Å². The lowest BCUT2D eigenvalue weighted by atomic mass is 9.96. The van der Waals surface area contributed by atoms with Crippen molar-refractivity contribution in [3.63, 3.8) is 0 Å². The van der Waals surface area contributed by atoms with E-state index in [0.29, 0.717) is 5.75 Å². The third-order valence-electron chi connectivity index (χ3n) is 14.0. The zero-order valence-electron chi connectivity index (χ0n) is 46.9. The third kappa shape index (κ3) is 16.4. The molecule has 2 aliphatic rings. The van der Waals surface area contributed by atoms with Gasteiger partial charge in [-0.2, -0.15) is 0 Å². The predicted molar refractivity (Wildman–Crippen MR) is 313 cm³/mol. The molecule has 2 heterocycles. The van der Waals surface area contributed by atoms with Gasteiger partial charge in [0.1, 0.15) is 42.9 Å². The Morgan fingerprint density at radius 3 is 1.36 bits per heavy atom. The van der Waals surface area contributed by atoms with Crippen molar-refractivity contribution >= 4 is 29.6 Å². The number of benzene rings is 8. The van der Waals surface area contributed by atoms with Crippen LogP contribution in [0, 0.1) is 0 Å². The third-order valence-corrected chi connectivity index (χ3v) is 14.0. The fraction of sp³-hybridized carbons (Fsp3) is 0.232. The summed E-state index contributed by atoms with van der Waals surface area (Å²) >= 11 is 0. The molecule has 17 heteroatoms. The van der Waals surface area contributed by atoms with Gasteiger partial charge in [0.05, 0.1) is 62.4 Å². The van der Waals surface area contributed by atoms with Gasteiger partial charge in [-0.3, -0.25) is 0 Å². The Hall–Kier alpha value is -9.17. The minimum Gasteiger partial charge on any atom is -0.497 e. The molecule has 17 nitrogen and oxygen atoms in total. The van der Waals surface area contributed by atoms with E-state index in [4.69, 9.17) is 56.9 Å². The zero-order chi connectivity index (χ0) is 59.3. The van der Waals surface area contributed by atoms with E-state index in [1.807, 2.05) is 115 Å². The molecule has 9 atom stereocenters. The van der Waals surface area contributed by atoms with Gasteiger partial charge in [-0.05, 0) is 82.9 Å². The van der Waals surface area contributed by atoms with Crippen molar-refractivity contribution in [1.82, 2.24) is 0 Å². The average Bonchev–Trinajstić information content (AvgIpc) is 1.43. The number of esters is 3. The quantitative estimate of drug-likeness (QED) is 0.0227. The molecule has 2 saturated heterocycles. The minimum absolute atomic E-state index is 0.0212. The molecule has 0 amide bonds. The van der Waals surface area contributed by atoms with Crippen LogP contribution in [0.1, 0.15) is 63.7 Å². The van der Waals surface area contributed by atoms with Crippen LogP contribution in [0.15, 0.2) is 242 Å². The number of rotatable bonds is 25. The van der Waals surface area contributed by atoms with Gasteiger partial charge in [0.25, 0.3) is 0 Å².